The van der Waals surface area contributed by atoms with Crippen molar-refractivity contribution in [3.63, 3.8) is 0 Å². The summed E-state index contributed by atoms with van der Waals surface area (Å²) in [6.07, 6.45) is 2.37. The molecule has 2 aromatic carbocycles. The van der Waals surface area contributed by atoms with Crippen molar-refractivity contribution < 1.29 is 14.0 Å². The van der Waals surface area contributed by atoms with Crippen molar-refractivity contribution in [2.24, 2.45) is 0 Å². The SMILES string of the molecule is O=C(CN1CCN(CC(=O)Nc2ccccc2N2CCCC2)CC1)Nc1cccc(F)c1. The lowest BCUT2D eigenvalue weighted by Crippen LogP contribution is -2.50. The second-order valence-corrected chi connectivity index (χ2v) is 8.37. The Hall–Kier alpha value is -2.97. The third-order valence-corrected chi connectivity index (χ3v) is 5.93. The zero-order valence-corrected chi connectivity index (χ0v) is 18.2. The molecule has 0 aliphatic carbocycles. The molecule has 0 unspecified atom stereocenters. The Morgan fingerprint density at radius 1 is 0.781 bits per heavy atom. The average Bonchev–Trinajstić information content (AvgIpc) is 3.30. The van der Waals surface area contributed by atoms with Gasteiger partial charge in [0.1, 0.15) is 5.82 Å². The Labute approximate surface area is 188 Å². The van der Waals surface area contributed by atoms with Crippen LogP contribution in [0, 0.1) is 5.82 Å². The summed E-state index contributed by atoms with van der Waals surface area (Å²) in [5.41, 5.74) is 2.42. The smallest absolute Gasteiger partial charge is 0.238 e. The van der Waals surface area contributed by atoms with Crippen molar-refractivity contribution in [3.05, 3.63) is 54.3 Å². The molecular formula is C24H30FN5O2. The van der Waals surface area contributed by atoms with Gasteiger partial charge < -0.3 is 15.5 Å². The van der Waals surface area contributed by atoms with E-state index in [0.717, 1.165) is 24.5 Å². The van der Waals surface area contributed by atoms with E-state index in [1.54, 1.807) is 12.1 Å². The first kappa shape index (κ1) is 22.2. The molecule has 0 atom stereocenters. The van der Waals surface area contributed by atoms with Crippen LogP contribution in [0.5, 0.6) is 0 Å². The van der Waals surface area contributed by atoms with Crippen molar-refractivity contribution in [1.29, 1.82) is 0 Å². The molecule has 7 nitrogen and oxygen atoms in total. The first-order valence-electron chi connectivity index (χ1n) is 11.2. The summed E-state index contributed by atoms with van der Waals surface area (Å²) in [5.74, 6) is -0.563. The van der Waals surface area contributed by atoms with Crippen LogP contribution in [0.1, 0.15) is 12.8 Å². The summed E-state index contributed by atoms with van der Waals surface area (Å²) in [5, 5.41) is 5.81. The monoisotopic (exact) mass is 439 g/mol. The molecule has 2 saturated heterocycles. The van der Waals surface area contributed by atoms with E-state index in [0.29, 0.717) is 38.4 Å². The number of para-hydroxylation sites is 2. The number of nitrogens with one attached hydrogen (secondary N) is 2. The minimum atomic E-state index is -0.377. The van der Waals surface area contributed by atoms with Gasteiger partial charge in [0.15, 0.2) is 0 Å². The first-order chi connectivity index (χ1) is 15.6. The standard InChI is InChI=1S/C24H30FN5O2/c25-19-6-5-7-20(16-19)26-23(31)17-28-12-14-29(15-13-28)18-24(32)27-21-8-1-2-9-22(21)30-10-3-4-11-30/h1-2,5-9,16H,3-4,10-15,17-18H2,(H,26,31)(H,27,32). The minimum Gasteiger partial charge on any atom is -0.370 e. The number of hydrogen-bond acceptors (Lipinski definition) is 5. The summed E-state index contributed by atoms with van der Waals surface area (Å²) < 4.78 is 13.3. The molecule has 2 aromatic rings. The van der Waals surface area contributed by atoms with Gasteiger partial charge in [0.25, 0.3) is 0 Å². The molecule has 32 heavy (non-hydrogen) atoms. The van der Waals surface area contributed by atoms with Crippen LogP contribution in [0.25, 0.3) is 0 Å². The highest BCUT2D eigenvalue weighted by Gasteiger charge is 2.22. The van der Waals surface area contributed by atoms with Gasteiger partial charge in [-0.3, -0.25) is 19.4 Å². The molecule has 2 N–H and O–H groups in total. The van der Waals surface area contributed by atoms with E-state index in [1.807, 2.05) is 23.1 Å². The number of benzene rings is 2. The largest absolute Gasteiger partial charge is 0.370 e. The van der Waals surface area contributed by atoms with Crippen LogP contribution in [0.3, 0.4) is 0 Å². The number of amides is 2. The summed E-state index contributed by atoms with van der Waals surface area (Å²) in [4.78, 5) is 31.4. The summed E-state index contributed by atoms with van der Waals surface area (Å²) in [6, 6.07) is 13.9. The third kappa shape index (κ3) is 6.05. The lowest BCUT2D eigenvalue weighted by molar-refractivity contribution is -0.120. The van der Waals surface area contributed by atoms with E-state index in [9.17, 15) is 14.0 Å². The van der Waals surface area contributed by atoms with E-state index in [1.165, 1.54) is 25.0 Å². The van der Waals surface area contributed by atoms with Gasteiger partial charge in [0.05, 0.1) is 24.5 Å². The van der Waals surface area contributed by atoms with Crippen molar-refractivity contribution in [1.82, 2.24) is 9.80 Å². The Morgan fingerprint density at radius 2 is 1.41 bits per heavy atom. The zero-order chi connectivity index (χ0) is 22.3. The fourth-order valence-electron chi connectivity index (χ4n) is 4.28. The van der Waals surface area contributed by atoms with E-state index in [-0.39, 0.29) is 24.2 Å². The van der Waals surface area contributed by atoms with Crippen LogP contribution >= 0.6 is 0 Å². The van der Waals surface area contributed by atoms with Crippen LogP contribution in [-0.4, -0.2) is 74.0 Å². The zero-order valence-electron chi connectivity index (χ0n) is 18.2. The Bertz CT molecular complexity index is 939. The molecule has 2 aliphatic heterocycles. The highest BCUT2D eigenvalue weighted by atomic mass is 19.1. The summed E-state index contributed by atoms with van der Waals surface area (Å²) in [6.45, 7) is 5.48. The quantitative estimate of drug-likeness (QED) is 0.694. The number of piperazine rings is 1. The lowest BCUT2D eigenvalue weighted by Gasteiger charge is -2.33. The second-order valence-electron chi connectivity index (χ2n) is 8.37. The van der Waals surface area contributed by atoms with Crippen LogP contribution < -0.4 is 15.5 Å². The molecule has 4 rings (SSSR count). The maximum absolute atomic E-state index is 13.3. The normalized spacial score (nSPS) is 17.3. The fourth-order valence-corrected chi connectivity index (χ4v) is 4.28. The predicted molar refractivity (Wildman–Crippen MR) is 124 cm³/mol. The van der Waals surface area contributed by atoms with E-state index in [2.05, 4.69) is 26.5 Å². The topological polar surface area (TPSA) is 67.9 Å². The molecule has 2 heterocycles. The van der Waals surface area contributed by atoms with Gasteiger partial charge in [0, 0.05) is 45.0 Å². The van der Waals surface area contributed by atoms with Gasteiger partial charge >= 0.3 is 0 Å². The Balaban J connectivity index is 1.21. The van der Waals surface area contributed by atoms with Crippen LogP contribution in [0.4, 0.5) is 21.5 Å². The molecule has 0 radical (unpaired) electrons. The molecule has 0 saturated carbocycles. The molecule has 8 heteroatoms. The molecule has 0 aromatic heterocycles. The maximum atomic E-state index is 13.3. The average molecular weight is 440 g/mol. The van der Waals surface area contributed by atoms with Crippen LogP contribution in [-0.2, 0) is 9.59 Å². The molecule has 0 bridgehead atoms. The van der Waals surface area contributed by atoms with Crippen molar-refractivity contribution >= 4 is 28.9 Å². The van der Waals surface area contributed by atoms with Gasteiger partial charge in [-0.25, -0.2) is 4.39 Å². The van der Waals surface area contributed by atoms with E-state index >= 15 is 0 Å². The second kappa shape index (κ2) is 10.6. The number of carbonyl (C=O) groups excluding carboxylic acids is 2. The van der Waals surface area contributed by atoms with Gasteiger partial charge in [0.2, 0.25) is 11.8 Å². The summed E-state index contributed by atoms with van der Waals surface area (Å²) in [7, 11) is 0. The first-order valence-corrected chi connectivity index (χ1v) is 11.2. The number of nitrogens with zero attached hydrogens (tertiary/aromatic N) is 3. The van der Waals surface area contributed by atoms with E-state index in [4.69, 9.17) is 0 Å². The van der Waals surface area contributed by atoms with Gasteiger partial charge in [-0.15, -0.1) is 0 Å². The summed E-state index contributed by atoms with van der Waals surface area (Å²) >= 11 is 0. The Kier molecular flexibility index (Phi) is 7.34. The number of anilines is 3. The van der Waals surface area contributed by atoms with Gasteiger partial charge in [-0.2, -0.15) is 0 Å². The van der Waals surface area contributed by atoms with Gasteiger partial charge in [-0.05, 0) is 43.2 Å². The highest BCUT2D eigenvalue weighted by molar-refractivity contribution is 5.95. The van der Waals surface area contributed by atoms with E-state index < -0.39 is 0 Å². The Morgan fingerprint density at radius 3 is 2.06 bits per heavy atom. The van der Waals surface area contributed by atoms with Crippen molar-refractivity contribution in [3.8, 4) is 0 Å². The number of carbonyl (C=O) groups is 2. The molecule has 2 aliphatic rings. The van der Waals surface area contributed by atoms with Gasteiger partial charge in [-0.1, -0.05) is 18.2 Å². The minimum absolute atomic E-state index is 0.0195. The van der Waals surface area contributed by atoms with Crippen molar-refractivity contribution in [2.75, 3.05) is 67.9 Å². The molecule has 2 amide bonds. The maximum Gasteiger partial charge on any atom is 0.238 e. The van der Waals surface area contributed by atoms with Crippen molar-refractivity contribution in [2.45, 2.75) is 12.8 Å². The molecule has 170 valence electrons. The van der Waals surface area contributed by atoms with Crippen LogP contribution in [0.2, 0.25) is 0 Å². The highest BCUT2D eigenvalue weighted by Crippen LogP contribution is 2.28. The number of rotatable bonds is 7. The molecular weight excluding hydrogens is 409 g/mol. The fraction of sp³-hybridized carbons (Fsp3) is 0.417. The third-order valence-electron chi connectivity index (χ3n) is 5.93. The molecule has 0 spiro atoms. The number of hydrogen-bond donors (Lipinski definition) is 2. The lowest BCUT2D eigenvalue weighted by atomic mass is 10.2. The molecule has 2 fully saturated rings. The predicted octanol–water partition coefficient (Wildman–Crippen LogP) is 2.62. The van der Waals surface area contributed by atoms with Crippen LogP contribution in [0.15, 0.2) is 48.5 Å². The number of halogens is 1.